The fraction of sp³-hybridized carbons (Fsp3) is 0.667. The third kappa shape index (κ3) is 3.01. The van der Waals surface area contributed by atoms with E-state index in [4.69, 9.17) is 15.2 Å². The van der Waals surface area contributed by atoms with Gasteiger partial charge in [0.2, 0.25) is 0 Å². The SMILES string of the molecule is CN(C(=O)Oc1ccc2c(c1)[C@@]1(C)CCCCC[C@@H](C2)[C@@H]1N)C1COC1. The first-order chi connectivity index (χ1) is 12.5. The molecule has 2 bridgehead atoms. The van der Waals surface area contributed by atoms with Gasteiger partial charge in [0, 0.05) is 18.5 Å². The van der Waals surface area contributed by atoms with Crippen LogP contribution in [-0.2, 0) is 16.6 Å². The lowest BCUT2D eigenvalue weighted by molar-refractivity contribution is -0.0470. The minimum Gasteiger partial charge on any atom is -0.410 e. The standard InChI is InChI=1S/C21H30N2O3/c1-21-9-5-3-4-6-15(19(21)22)10-14-7-8-17(11-18(14)21)26-20(24)23(2)16-12-25-13-16/h7-8,11,15-16,19H,3-6,9-10,12-13,22H2,1-2H3/t15-,19-,21+/m0/s1. The van der Waals surface area contributed by atoms with Crippen LogP contribution in [0, 0.1) is 5.92 Å². The maximum absolute atomic E-state index is 12.4. The van der Waals surface area contributed by atoms with E-state index in [1.807, 2.05) is 6.07 Å². The van der Waals surface area contributed by atoms with Crippen molar-refractivity contribution in [2.75, 3.05) is 20.3 Å². The van der Waals surface area contributed by atoms with E-state index in [2.05, 4.69) is 19.1 Å². The highest BCUT2D eigenvalue weighted by atomic mass is 16.6. The summed E-state index contributed by atoms with van der Waals surface area (Å²) in [6, 6.07) is 6.44. The summed E-state index contributed by atoms with van der Waals surface area (Å²) >= 11 is 0. The van der Waals surface area contributed by atoms with Gasteiger partial charge in [0.05, 0.1) is 19.3 Å². The Balaban J connectivity index is 1.59. The molecule has 1 aromatic carbocycles. The van der Waals surface area contributed by atoms with Crippen molar-refractivity contribution in [3.63, 3.8) is 0 Å². The molecule has 0 spiro atoms. The number of carbonyl (C=O) groups is 1. The van der Waals surface area contributed by atoms with Crippen LogP contribution in [0.25, 0.3) is 0 Å². The zero-order valence-electron chi connectivity index (χ0n) is 15.9. The normalized spacial score (nSPS) is 31.2. The molecule has 5 nitrogen and oxygen atoms in total. The van der Waals surface area contributed by atoms with E-state index < -0.39 is 0 Å². The molecule has 5 heteroatoms. The van der Waals surface area contributed by atoms with Crippen molar-refractivity contribution in [2.45, 2.75) is 62.9 Å². The number of nitrogens with two attached hydrogens (primary N) is 1. The number of ether oxygens (including phenoxy) is 2. The van der Waals surface area contributed by atoms with Gasteiger partial charge in [-0.25, -0.2) is 4.79 Å². The van der Waals surface area contributed by atoms with Crippen LogP contribution in [0.4, 0.5) is 4.79 Å². The predicted molar refractivity (Wildman–Crippen MR) is 100 cm³/mol. The largest absolute Gasteiger partial charge is 0.415 e. The maximum Gasteiger partial charge on any atom is 0.415 e. The summed E-state index contributed by atoms with van der Waals surface area (Å²) in [4.78, 5) is 14.0. The second-order valence-electron chi connectivity index (χ2n) is 8.50. The van der Waals surface area contributed by atoms with Gasteiger partial charge in [-0.15, -0.1) is 0 Å². The van der Waals surface area contributed by atoms with Gasteiger partial charge in [-0.05, 0) is 48.4 Å². The molecule has 142 valence electrons. The lowest BCUT2D eigenvalue weighted by Gasteiger charge is -2.47. The molecule has 2 aliphatic carbocycles. The molecule has 4 rings (SSSR count). The smallest absolute Gasteiger partial charge is 0.410 e. The molecular formula is C21H30N2O3. The van der Waals surface area contributed by atoms with E-state index in [1.54, 1.807) is 11.9 Å². The Morgan fingerprint density at radius 2 is 2.12 bits per heavy atom. The second-order valence-corrected chi connectivity index (χ2v) is 8.50. The van der Waals surface area contributed by atoms with Crippen molar-refractivity contribution in [3.8, 4) is 5.75 Å². The minimum absolute atomic E-state index is 0.0329. The summed E-state index contributed by atoms with van der Waals surface area (Å²) < 4.78 is 10.8. The van der Waals surface area contributed by atoms with Gasteiger partial charge < -0.3 is 20.1 Å². The van der Waals surface area contributed by atoms with Crippen molar-refractivity contribution in [2.24, 2.45) is 11.7 Å². The predicted octanol–water partition coefficient (Wildman–Crippen LogP) is 3.24. The number of amides is 1. The molecule has 1 saturated carbocycles. The fourth-order valence-electron chi connectivity index (χ4n) is 4.87. The van der Waals surface area contributed by atoms with Crippen LogP contribution in [0.15, 0.2) is 18.2 Å². The van der Waals surface area contributed by atoms with Gasteiger partial charge in [-0.2, -0.15) is 0 Å². The quantitative estimate of drug-likeness (QED) is 0.881. The molecule has 3 atom stereocenters. The monoisotopic (exact) mass is 358 g/mol. The number of hydrogen-bond acceptors (Lipinski definition) is 4. The molecule has 2 N–H and O–H groups in total. The second kappa shape index (κ2) is 6.86. The summed E-state index contributed by atoms with van der Waals surface area (Å²) in [5.74, 6) is 1.18. The topological polar surface area (TPSA) is 64.8 Å². The Kier molecular flexibility index (Phi) is 4.70. The first kappa shape index (κ1) is 17.8. The maximum atomic E-state index is 12.4. The highest BCUT2D eigenvalue weighted by Gasteiger charge is 2.44. The molecule has 26 heavy (non-hydrogen) atoms. The Bertz CT molecular complexity index is 688. The highest BCUT2D eigenvalue weighted by molar-refractivity contribution is 5.71. The van der Waals surface area contributed by atoms with Crippen LogP contribution in [0.3, 0.4) is 0 Å². The molecule has 0 radical (unpaired) electrons. The van der Waals surface area contributed by atoms with Crippen LogP contribution < -0.4 is 10.5 Å². The number of benzene rings is 1. The van der Waals surface area contributed by atoms with Crippen molar-refractivity contribution in [1.82, 2.24) is 4.90 Å². The molecule has 1 aliphatic heterocycles. The lowest BCUT2D eigenvalue weighted by atomic mass is 9.60. The van der Waals surface area contributed by atoms with E-state index in [0.29, 0.717) is 24.9 Å². The molecule has 2 fully saturated rings. The van der Waals surface area contributed by atoms with Gasteiger partial charge in [0.1, 0.15) is 5.75 Å². The highest BCUT2D eigenvalue weighted by Crippen LogP contribution is 2.46. The van der Waals surface area contributed by atoms with Gasteiger partial charge in [-0.3, -0.25) is 0 Å². The number of rotatable bonds is 2. The molecular weight excluding hydrogens is 328 g/mol. The fourth-order valence-corrected chi connectivity index (χ4v) is 4.87. The zero-order chi connectivity index (χ0) is 18.3. The molecule has 3 aliphatic rings. The first-order valence-corrected chi connectivity index (χ1v) is 9.90. The van der Waals surface area contributed by atoms with Gasteiger partial charge >= 0.3 is 6.09 Å². The number of carbonyl (C=O) groups excluding carboxylic acids is 1. The molecule has 1 saturated heterocycles. The van der Waals surface area contributed by atoms with Crippen LogP contribution >= 0.6 is 0 Å². The Morgan fingerprint density at radius 1 is 1.31 bits per heavy atom. The van der Waals surface area contributed by atoms with Crippen LogP contribution in [0.1, 0.15) is 50.2 Å². The number of nitrogens with zero attached hydrogens (tertiary/aromatic N) is 1. The minimum atomic E-state index is -0.320. The average molecular weight is 358 g/mol. The molecule has 1 amide bonds. The zero-order valence-corrected chi connectivity index (χ0v) is 15.9. The summed E-state index contributed by atoms with van der Waals surface area (Å²) in [6.45, 7) is 3.48. The van der Waals surface area contributed by atoms with Gasteiger partial charge in [0.15, 0.2) is 0 Å². The molecule has 1 heterocycles. The van der Waals surface area contributed by atoms with Crippen molar-refractivity contribution >= 4 is 6.09 Å². The Hall–Kier alpha value is -1.59. The van der Waals surface area contributed by atoms with E-state index in [-0.39, 0.29) is 23.6 Å². The van der Waals surface area contributed by atoms with E-state index >= 15 is 0 Å². The van der Waals surface area contributed by atoms with Crippen LogP contribution in [0.5, 0.6) is 5.75 Å². The first-order valence-electron chi connectivity index (χ1n) is 9.90. The van der Waals surface area contributed by atoms with Crippen LogP contribution in [0.2, 0.25) is 0 Å². The number of hydrogen-bond donors (Lipinski definition) is 1. The van der Waals surface area contributed by atoms with E-state index in [1.165, 1.54) is 36.8 Å². The molecule has 0 unspecified atom stereocenters. The van der Waals surface area contributed by atoms with Gasteiger partial charge in [-0.1, -0.05) is 32.3 Å². The third-order valence-corrected chi connectivity index (χ3v) is 6.85. The molecule has 1 aromatic rings. The molecule has 0 aromatic heterocycles. The summed E-state index contributed by atoms with van der Waals surface area (Å²) in [7, 11) is 1.77. The summed E-state index contributed by atoms with van der Waals surface area (Å²) in [6.07, 6.45) is 6.84. The summed E-state index contributed by atoms with van der Waals surface area (Å²) in [5, 5.41) is 0. The number of likely N-dealkylation sites (N-methyl/N-ethyl adjacent to an activating group) is 1. The Labute approximate surface area is 155 Å². The summed E-state index contributed by atoms with van der Waals surface area (Å²) in [5.41, 5.74) is 9.36. The van der Waals surface area contributed by atoms with E-state index in [9.17, 15) is 4.79 Å². The van der Waals surface area contributed by atoms with Crippen molar-refractivity contribution in [3.05, 3.63) is 29.3 Å². The lowest BCUT2D eigenvalue weighted by Crippen LogP contribution is -2.53. The van der Waals surface area contributed by atoms with E-state index in [0.717, 1.165) is 12.8 Å². The number of fused-ring (bicyclic) bond motifs is 4. The van der Waals surface area contributed by atoms with Gasteiger partial charge in [0.25, 0.3) is 0 Å². The third-order valence-electron chi connectivity index (χ3n) is 6.85. The van der Waals surface area contributed by atoms with Crippen molar-refractivity contribution in [1.29, 1.82) is 0 Å². The average Bonchev–Trinajstić information content (AvgIpc) is 2.57. The van der Waals surface area contributed by atoms with Crippen LogP contribution in [-0.4, -0.2) is 43.3 Å². The Morgan fingerprint density at radius 3 is 2.85 bits per heavy atom. The van der Waals surface area contributed by atoms with Crippen molar-refractivity contribution < 1.29 is 14.3 Å².